The van der Waals surface area contributed by atoms with Crippen molar-refractivity contribution in [2.45, 2.75) is 0 Å². The molecule has 0 unspecified atom stereocenters. The summed E-state index contributed by atoms with van der Waals surface area (Å²) < 4.78 is 18.3. The molecule has 78 valence electrons. The number of benzene rings is 1. The van der Waals surface area contributed by atoms with E-state index in [4.69, 9.17) is 21.5 Å². The largest absolute Gasteiger partial charge is 0.488 e. The molecule has 0 atom stereocenters. The average molecular weight is 228 g/mol. The van der Waals surface area contributed by atoms with Gasteiger partial charge in [-0.25, -0.2) is 4.39 Å². The summed E-state index contributed by atoms with van der Waals surface area (Å²) >= 11 is 5.99. The Hall–Kier alpha value is -1.55. The van der Waals surface area contributed by atoms with Gasteiger partial charge in [0.05, 0.1) is 11.2 Å². The maximum atomic E-state index is 13.0. The highest BCUT2D eigenvalue weighted by molar-refractivity contribution is 6.51. The smallest absolute Gasteiger partial charge is 0.128 e. The van der Waals surface area contributed by atoms with Crippen LogP contribution in [-0.4, -0.2) is 18.0 Å². The standard InChI is InChI=1S/C10H7ClFNO2/c11-10-6(4-13-14)5-15-9-2-1-7(12)3-8(9)10/h1-4,14H,5H2/b13-4-. The Bertz CT molecular complexity index is 457. The molecule has 1 N–H and O–H groups in total. The second-order valence-corrected chi connectivity index (χ2v) is 3.39. The van der Waals surface area contributed by atoms with E-state index < -0.39 is 5.82 Å². The highest BCUT2D eigenvalue weighted by atomic mass is 35.5. The molecule has 0 bridgehead atoms. The first-order valence-electron chi connectivity index (χ1n) is 4.21. The van der Waals surface area contributed by atoms with Crippen molar-refractivity contribution in [1.82, 2.24) is 0 Å². The van der Waals surface area contributed by atoms with E-state index in [2.05, 4.69) is 5.16 Å². The fourth-order valence-corrected chi connectivity index (χ4v) is 1.61. The molecule has 3 nitrogen and oxygen atoms in total. The molecule has 1 aliphatic rings. The van der Waals surface area contributed by atoms with E-state index in [1.165, 1.54) is 24.4 Å². The number of fused-ring (bicyclic) bond motifs is 1. The maximum Gasteiger partial charge on any atom is 0.128 e. The minimum atomic E-state index is -0.391. The number of nitrogens with zero attached hydrogens (tertiary/aromatic N) is 1. The lowest BCUT2D eigenvalue weighted by Crippen LogP contribution is -2.10. The number of rotatable bonds is 1. The number of ether oxygens (including phenoxy) is 1. The van der Waals surface area contributed by atoms with Gasteiger partial charge in [0.1, 0.15) is 18.2 Å². The zero-order valence-electron chi connectivity index (χ0n) is 7.58. The van der Waals surface area contributed by atoms with Crippen molar-refractivity contribution in [3.05, 3.63) is 35.2 Å². The summed E-state index contributed by atoms with van der Waals surface area (Å²) in [5, 5.41) is 11.6. The first-order valence-corrected chi connectivity index (χ1v) is 4.59. The minimum absolute atomic E-state index is 0.210. The predicted octanol–water partition coefficient (Wildman–Crippen LogP) is 2.63. The van der Waals surface area contributed by atoms with Crippen molar-refractivity contribution in [3.8, 4) is 5.75 Å². The normalized spacial score (nSPS) is 15.3. The van der Waals surface area contributed by atoms with Crippen molar-refractivity contribution >= 4 is 22.8 Å². The van der Waals surface area contributed by atoms with Crippen LogP contribution in [0, 0.1) is 5.82 Å². The van der Waals surface area contributed by atoms with Gasteiger partial charge in [-0.05, 0) is 18.2 Å². The van der Waals surface area contributed by atoms with E-state index >= 15 is 0 Å². The van der Waals surface area contributed by atoms with Crippen LogP contribution in [0.4, 0.5) is 4.39 Å². The van der Waals surface area contributed by atoms with Gasteiger partial charge >= 0.3 is 0 Å². The van der Waals surface area contributed by atoms with Crippen LogP contribution in [0.1, 0.15) is 5.56 Å². The molecular weight excluding hydrogens is 221 g/mol. The lowest BCUT2D eigenvalue weighted by Gasteiger charge is -2.18. The van der Waals surface area contributed by atoms with Crippen molar-refractivity contribution < 1.29 is 14.3 Å². The highest BCUT2D eigenvalue weighted by Crippen LogP contribution is 2.35. The van der Waals surface area contributed by atoms with Crippen LogP contribution in [-0.2, 0) is 0 Å². The SMILES string of the molecule is O/N=C\C1=C(Cl)c2cc(F)ccc2OC1. The van der Waals surface area contributed by atoms with Crippen LogP contribution in [0.25, 0.3) is 5.03 Å². The molecule has 0 saturated heterocycles. The number of hydrogen-bond acceptors (Lipinski definition) is 3. The lowest BCUT2D eigenvalue weighted by atomic mass is 10.1. The summed E-state index contributed by atoms with van der Waals surface area (Å²) in [4.78, 5) is 0. The summed E-state index contributed by atoms with van der Waals surface area (Å²) in [5.41, 5.74) is 0.982. The van der Waals surface area contributed by atoms with Gasteiger partial charge in [0, 0.05) is 11.1 Å². The zero-order chi connectivity index (χ0) is 10.8. The van der Waals surface area contributed by atoms with Gasteiger partial charge < -0.3 is 9.94 Å². The molecule has 15 heavy (non-hydrogen) atoms. The van der Waals surface area contributed by atoms with Crippen LogP contribution in [0.5, 0.6) is 5.75 Å². The molecule has 0 aromatic heterocycles. The Morgan fingerprint density at radius 1 is 1.53 bits per heavy atom. The molecule has 1 aromatic carbocycles. The van der Waals surface area contributed by atoms with Gasteiger partial charge in [0.15, 0.2) is 0 Å². The van der Waals surface area contributed by atoms with Gasteiger partial charge in [-0.15, -0.1) is 0 Å². The van der Waals surface area contributed by atoms with Gasteiger partial charge in [-0.2, -0.15) is 0 Å². The van der Waals surface area contributed by atoms with Gasteiger partial charge in [0.25, 0.3) is 0 Å². The summed E-state index contributed by atoms with van der Waals surface area (Å²) in [6.45, 7) is 0.210. The first kappa shape index (κ1) is 9.98. The summed E-state index contributed by atoms with van der Waals surface area (Å²) in [6, 6.07) is 4.09. The molecule has 0 fully saturated rings. The zero-order valence-corrected chi connectivity index (χ0v) is 8.33. The molecule has 5 heteroatoms. The van der Waals surface area contributed by atoms with Crippen molar-refractivity contribution in [2.24, 2.45) is 5.16 Å². The Labute approximate surface area is 90.4 Å². The van der Waals surface area contributed by atoms with Crippen LogP contribution < -0.4 is 4.74 Å². The van der Waals surface area contributed by atoms with E-state index in [9.17, 15) is 4.39 Å². The number of halogens is 2. The second kappa shape index (κ2) is 3.90. The van der Waals surface area contributed by atoms with Gasteiger partial charge in [-0.3, -0.25) is 0 Å². The Morgan fingerprint density at radius 2 is 2.33 bits per heavy atom. The quantitative estimate of drug-likeness (QED) is 0.455. The van der Waals surface area contributed by atoms with Gasteiger partial charge in [0.2, 0.25) is 0 Å². The summed E-state index contributed by atoms with van der Waals surface area (Å²) in [6.07, 6.45) is 1.18. The average Bonchev–Trinajstić information content (AvgIpc) is 2.23. The molecule has 0 saturated carbocycles. The van der Waals surface area contributed by atoms with E-state index in [1.807, 2.05) is 0 Å². The molecule has 0 aliphatic carbocycles. The molecule has 0 amide bonds. The molecule has 0 spiro atoms. The molecule has 1 aliphatic heterocycles. The van der Waals surface area contributed by atoms with Crippen molar-refractivity contribution in [1.29, 1.82) is 0 Å². The fraction of sp³-hybridized carbons (Fsp3) is 0.100. The Balaban J connectivity index is 2.54. The molecule has 1 aromatic rings. The lowest BCUT2D eigenvalue weighted by molar-refractivity contribution is 0.318. The monoisotopic (exact) mass is 227 g/mol. The summed E-state index contributed by atoms with van der Waals surface area (Å²) in [7, 11) is 0. The Kier molecular flexibility index (Phi) is 2.60. The van der Waals surface area contributed by atoms with Crippen molar-refractivity contribution in [3.63, 3.8) is 0 Å². The highest BCUT2D eigenvalue weighted by Gasteiger charge is 2.18. The maximum absolute atomic E-state index is 13.0. The molecule has 1 heterocycles. The Morgan fingerprint density at radius 3 is 3.07 bits per heavy atom. The van der Waals surface area contributed by atoms with Crippen LogP contribution in [0.2, 0.25) is 0 Å². The first-order chi connectivity index (χ1) is 7.22. The predicted molar refractivity (Wildman–Crippen MR) is 54.9 cm³/mol. The molecular formula is C10H7ClFNO2. The van der Waals surface area contributed by atoms with E-state index in [1.54, 1.807) is 0 Å². The second-order valence-electron chi connectivity index (χ2n) is 3.01. The molecule has 2 rings (SSSR count). The summed E-state index contributed by atoms with van der Waals surface area (Å²) in [5.74, 6) is 0.133. The number of hydrogen-bond donors (Lipinski definition) is 1. The van der Waals surface area contributed by atoms with E-state index in [0.29, 0.717) is 21.9 Å². The van der Waals surface area contributed by atoms with Crippen molar-refractivity contribution in [2.75, 3.05) is 6.61 Å². The fourth-order valence-electron chi connectivity index (χ4n) is 1.36. The van der Waals surface area contributed by atoms with E-state index in [-0.39, 0.29) is 6.61 Å². The van der Waals surface area contributed by atoms with Gasteiger partial charge in [-0.1, -0.05) is 16.8 Å². The third-order valence-electron chi connectivity index (χ3n) is 2.06. The molecule has 0 radical (unpaired) electrons. The topological polar surface area (TPSA) is 41.8 Å². The third kappa shape index (κ3) is 1.80. The third-order valence-corrected chi connectivity index (χ3v) is 2.50. The minimum Gasteiger partial charge on any atom is -0.488 e. The van der Waals surface area contributed by atoms with Crippen LogP contribution in [0.3, 0.4) is 0 Å². The van der Waals surface area contributed by atoms with Crippen LogP contribution in [0.15, 0.2) is 28.9 Å². The number of oxime groups is 1. The van der Waals surface area contributed by atoms with Crippen LogP contribution >= 0.6 is 11.6 Å². The van der Waals surface area contributed by atoms with E-state index in [0.717, 1.165) is 0 Å².